The SMILES string of the molecule is CCNC(=NCc1nc(C)c(C)o1)NCCNC(=O)c1ccc(OC)cc1. The molecule has 0 fully saturated rings. The summed E-state index contributed by atoms with van der Waals surface area (Å²) in [5.41, 5.74) is 1.46. The highest BCUT2D eigenvalue weighted by Crippen LogP contribution is 2.11. The number of carbonyl (C=O) groups excluding carboxylic acids is 1. The Labute approximate surface area is 159 Å². The van der Waals surface area contributed by atoms with Gasteiger partial charge in [0.05, 0.1) is 12.8 Å². The molecule has 1 aromatic carbocycles. The van der Waals surface area contributed by atoms with Crippen molar-refractivity contribution < 1.29 is 13.9 Å². The fraction of sp³-hybridized carbons (Fsp3) is 0.421. The fourth-order valence-electron chi connectivity index (χ4n) is 2.30. The number of amides is 1. The molecular formula is C19H27N5O3. The van der Waals surface area contributed by atoms with Crippen molar-refractivity contribution in [2.75, 3.05) is 26.7 Å². The van der Waals surface area contributed by atoms with E-state index in [1.165, 1.54) is 0 Å². The number of aryl methyl sites for hydroxylation is 2. The lowest BCUT2D eigenvalue weighted by atomic mass is 10.2. The highest BCUT2D eigenvalue weighted by atomic mass is 16.5. The van der Waals surface area contributed by atoms with Crippen molar-refractivity contribution in [1.82, 2.24) is 20.9 Å². The number of rotatable bonds is 8. The van der Waals surface area contributed by atoms with Gasteiger partial charge >= 0.3 is 0 Å². The topological polar surface area (TPSA) is 101 Å². The zero-order valence-corrected chi connectivity index (χ0v) is 16.3. The first kappa shape index (κ1) is 20.3. The van der Waals surface area contributed by atoms with Crippen LogP contribution in [0.1, 0.15) is 34.6 Å². The van der Waals surface area contributed by atoms with Crippen molar-refractivity contribution in [3.8, 4) is 5.75 Å². The molecule has 1 aromatic heterocycles. The summed E-state index contributed by atoms with van der Waals surface area (Å²) in [7, 11) is 1.59. The van der Waals surface area contributed by atoms with Crippen LogP contribution in [0, 0.1) is 13.8 Å². The number of oxazole rings is 1. The number of nitrogens with one attached hydrogen (secondary N) is 3. The van der Waals surface area contributed by atoms with Crippen LogP contribution in [-0.4, -0.2) is 43.6 Å². The molecule has 2 rings (SSSR count). The van der Waals surface area contributed by atoms with Crippen LogP contribution in [-0.2, 0) is 6.54 Å². The quantitative estimate of drug-likeness (QED) is 0.370. The van der Waals surface area contributed by atoms with Gasteiger partial charge in [-0.1, -0.05) is 0 Å². The Bertz CT molecular complexity index is 749. The van der Waals surface area contributed by atoms with E-state index in [1.807, 2.05) is 20.8 Å². The summed E-state index contributed by atoms with van der Waals surface area (Å²) >= 11 is 0. The van der Waals surface area contributed by atoms with Crippen molar-refractivity contribution in [3.63, 3.8) is 0 Å². The molecule has 0 atom stereocenters. The second kappa shape index (κ2) is 10.2. The maximum absolute atomic E-state index is 12.1. The summed E-state index contributed by atoms with van der Waals surface area (Å²) in [6, 6.07) is 6.98. The third-order valence-electron chi connectivity index (χ3n) is 3.84. The van der Waals surface area contributed by atoms with E-state index in [4.69, 9.17) is 9.15 Å². The first-order chi connectivity index (χ1) is 13.0. The second-order valence-corrected chi connectivity index (χ2v) is 5.86. The van der Waals surface area contributed by atoms with Crippen molar-refractivity contribution >= 4 is 11.9 Å². The molecule has 146 valence electrons. The summed E-state index contributed by atoms with van der Waals surface area (Å²) in [6.07, 6.45) is 0. The number of hydrogen-bond donors (Lipinski definition) is 3. The minimum Gasteiger partial charge on any atom is -0.497 e. The van der Waals surface area contributed by atoms with Crippen molar-refractivity contribution in [1.29, 1.82) is 0 Å². The maximum atomic E-state index is 12.1. The van der Waals surface area contributed by atoms with Crippen LogP contribution in [0.2, 0.25) is 0 Å². The van der Waals surface area contributed by atoms with Crippen LogP contribution in [0.5, 0.6) is 5.75 Å². The molecule has 8 nitrogen and oxygen atoms in total. The molecule has 0 aliphatic rings. The number of aliphatic imine (C=N–C) groups is 1. The maximum Gasteiger partial charge on any atom is 0.251 e. The number of methoxy groups -OCH3 is 1. The first-order valence-electron chi connectivity index (χ1n) is 8.90. The van der Waals surface area contributed by atoms with E-state index in [2.05, 4.69) is 25.9 Å². The number of benzene rings is 1. The molecule has 0 aliphatic carbocycles. The predicted octanol–water partition coefficient (Wildman–Crippen LogP) is 1.79. The monoisotopic (exact) mass is 373 g/mol. The largest absolute Gasteiger partial charge is 0.497 e. The Kier molecular flexibility index (Phi) is 7.66. The van der Waals surface area contributed by atoms with Gasteiger partial charge in [-0.15, -0.1) is 0 Å². The van der Waals surface area contributed by atoms with Crippen LogP contribution in [0.4, 0.5) is 0 Å². The number of ether oxygens (including phenoxy) is 1. The smallest absolute Gasteiger partial charge is 0.251 e. The van der Waals surface area contributed by atoms with Gasteiger partial charge in [-0.05, 0) is 45.0 Å². The highest BCUT2D eigenvalue weighted by Gasteiger charge is 2.07. The van der Waals surface area contributed by atoms with Crippen molar-refractivity contribution in [2.24, 2.45) is 4.99 Å². The van der Waals surface area contributed by atoms with Gasteiger partial charge in [-0.3, -0.25) is 4.79 Å². The van der Waals surface area contributed by atoms with Gasteiger partial charge < -0.3 is 25.1 Å². The first-order valence-corrected chi connectivity index (χ1v) is 8.90. The summed E-state index contributed by atoms with van der Waals surface area (Å²) in [4.78, 5) is 20.9. The van der Waals surface area contributed by atoms with Crippen LogP contribution >= 0.6 is 0 Å². The Morgan fingerprint density at radius 3 is 2.44 bits per heavy atom. The number of guanidine groups is 1. The lowest BCUT2D eigenvalue weighted by Crippen LogP contribution is -2.41. The van der Waals surface area contributed by atoms with Crippen LogP contribution in [0.3, 0.4) is 0 Å². The standard InChI is InChI=1S/C19H27N5O3/c1-5-20-19(23-12-17-24-13(2)14(3)27-17)22-11-10-21-18(25)15-6-8-16(26-4)9-7-15/h6-9H,5,10-12H2,1-4H3,(H,21,25)(H2,20,22,23). The summed E-state index contributed by atoms with van der Waals surface area (Å²) in [5.74, 6) is 2.61. The van der Waals surface area contributed by atoms with Gasteiger partial charge in [0.1, 0.15) is 18.1 Å². The van der Waals surface area contributed by atoms with E-state index >= 15 is 0 Å². The summed E-state index contributed by atoms with van der Waals surface area (Å²) < 4.78 is 10.6. The normalized spacial score (nSPS) is 11.2. The molecule has 0 bridgehead atoms. The van der Waals surface area contributed by atoms with Crippen LogP contribution in [0.25, 0.3) is 0 Å². The average Bonchev–Trinajstić information content (AvgIpc) is 3.00. The van der Waals surface area contributed by atoms with Crippen molar-refractivity contribution in [2.45, 2.75) is 27.3 Å². The molecule has 0 aliphatic heterocycles. The van der Waals surface area contributed by atoms with Crippen molar-refractivity contribution in [3.05, 3.63) is 47.2 Å². The van der Waals surface area contributed by atoms with Gasteiger partial charge in [0.25, 0.3) is 5.91 Å². The summed E-state index contributed by atoms with van der Waals surface area (Å²) in [6.45, 7) is 7.85. The summed E-state index contributed by atoms with van der Waals surface area (Å²) in [5, 5.41) is 9.18. The molecule has 27 heavy (non-hydrogen) atoms. The molecule has 8 heteroatoms. The minimum absolute atomic E-state index is 0.132. The van der Waals surface area contributed by atoms with Gasteiger partial charge in [0, 0.05) is 25.2 Å². The molecule has 1 amide bonds. The highest BCUT2D eigenvalue weighted by molar-refractivity contribution is 5.94. The third kappa shape index (κ3) is 6.32. The predicted molar refractivity (Wildman–Crippen MR) is 104 cm³/mol. The third-order valence-corrected chi connectivity index (χ3v) is 3.84. The molecule has 1 heterocycles. The number of carbonyl (C=O) groups is 1. The molecule has 0 unspecified atom stereocenters. The zero-order valence-electron chi connectivity index (χ0n) is 16.3. The molecular weight excluding hydrogens is 346 g/mol. The fourth-order valence-corrected chi connectivity index (χ4v) is 2.30. The van der Waals surface area contributed by atoms with Gasteiger partial charge in [-0.2, -0.15) is 0 Å². The number of aromatic nitrogens is 1. The van der Waals surface area contributed by atoms with E-state index in [0.29, 0.717) is 37.0 Å². The van der Waals surface area contributed by atoms with E-state index in [1.54, 1.807) is 31.4 Å². The van der Waals surface area contributed by atoms with Gasteiger partial charge in [-0.25, -0.2) is 9.98 Å². The minimum atomic E-state index is -0.132. The second-order valence-electron chi connectivity index (χ2n) is 5.86. The lowest BCUT2D eigenvalue weighted by molar-refractivity contribution is 0.0954. The molecule has 3 N–H and O–H groups in total. The van der Waals surface area contributed by atoms with Gasteiger partial charge in [0.2, 0.25) is 5.89 Å². The Balaban J connectivity index is 1.79. The average molecular weight is 373 g/mol. The van der Waals surface area contributed by atoms with E-state index in [9.17, 15) is 4.79 Å². The Morgan fingerprint density at radius 1 is 1.15 bits per heavy atom. The van der Waals surface area contributed by atoms with Gasteiger partial charge in [0.15, 0.2) is 5.96 Å². The Morgan fingerprint density at radius 2 is 1.85 bits per heavy atom. The van der Waals surface area contributed by atoms with E-state index < -0.39 is 0 Å². The van der Waals surface area contributed by atoms with E-state index in [-0.39, 0.29) is 5.91 Å². The van der Waals surface area contributed by atoms with E-state index in [0.717, 1.165) is 23.7 Å². The number of hydrogen-bond acceptors (Lipinski definition) is 5. The molecule has 0 radical (unpaired) electrons. The van der Waals surface area contributed by atoms with Crippen LogP contribution < -0.4 is 20.7 Å². The lowest BCUT2D eigenvalue weighted by Gasteiger charge is -2.11. The zero-order chi connectivity index (χ0) is 19.6. The molecule has 0 saturated heterocycles. The molecule has 0 spiro atoms. The van der Waals surface area contributed by atoms with Crippen LogP contribution in [0.15, 0.2) is 33.7 Å². The Hall–Kier alpha value is -3.03. The molecule has 2 aromatic rings. The molecule has 0 saturated carbocycles. The number of nitrogens with zero attached hydrogens (tertiary/aromatic N) is 2.